The molecule has 2 N–H and O–H groups in total. The van der Waals surface area contributed by atoms with Crippen molar-refractivity contribution in [2.24, 2.45) is 0 Å². The largest absolute Gasteiger partial charge is 0.385 e. The lowest BCUT2D eigenvalue weighted by atomic mass is 10.1. The number of anilines is 2. The van der Waals surface area contributed by atoms with Gasteiger partial charge in [0.2, 0.25) is 0 Å². The molecule has 0 aliphatic carbocycles. The molecule has 2 rings (SSSR count). The normalized spacial score (nSPS) is 11.1. The van der Waals surface area contributed by atoms with Gasteiger partial charge in [0.1, 0.15) is 0 Å². The Morgan fingerprint density at radius 2 is 0.929 bits per heavy atom. The fourth-order valence-electron chi connectivity index (χ4n) is 4.15. The van der Waals surface area contributed by atoms with Crippen molar-refractivity contribution < 1.29 is 0 Å². The minimum Gasteiger partial charge on any atom is -0.385 e. The molecule has 0 saturated heterocycles. The number of benzene rings is 2. The van der Waals surface area contributed by atoms with Gasteiger partial charge < -0.3 is 15.5 Å². The van der Waals surface area contributed by atoms with E-state index in [1.54, 1.807) is 0 Å². The first kappa shape index (κ1) is 22.3. The third kappa shape index (κ3) is 6.56. The Morgan fingerprint density at radius 3 is 1.25 bits per heavy atom. The second-order valence-electron chi connectivity index (χ2n) is 8.41. The molecule has 2 aromatic carbocycles. The Morgan fingerprint density at radius 1 is 0.607 bits per heavy atom. The fraction of sp³-hybridized carbons (Fsp3) is 0.520. The highest BCUT2D eigenvalue weighted by Gasteiger charge is 2.05. The average Bonchev–Trinajstić information content (AvgIpc) is 2.58. The monoisotopic (exact) mass is 381 g/mol. The van der Waals surface area contributed by atoms with Crippen molar-refractivity contribution in [2.45, 2.75) is 54.4 Å². The van der Waals surface area contributed by atoms with Crippen molar-refractivity contribution in [3.05, 3.63) is 57.6 Å². The van der Waals surface area contributed by atoms with Crippen LogP contribution in [0.5, 0.6) is 0 Å². The van der Waals surface area contributed by atoms with E-state index in [-0.39, 0.29) is 0 Å². The topological polar surface area (TPSA) is 27.3 Å². The number of hydrogen-bond donors (Lipinski definition) is 2. The zero-order chi connectivity index (χ0) is 20.7. The highest BCUT2D eigenvalue weighted by Crippen LogP contribution is 2.22. The van der Waals surface area contributed by atoms with Crippen LogP contribution in [0.1, 0.15) is 46.2 Å². The molecule has 0 amide bonds. The molecule has 28 heavy (non-hydrogen) atoms. The van der Waals surface area contributed by atoms with E-state index in [1.165, 1.54) is 44.8 Å². The predicted octanol–water partition coefficient (Wildman–Crippen LogP) is 5.77. The van der Waals surface area contributed by atoms with Crippen molar-refractivity contribution in [3.63, 3.8) is 0 Å². The van der Waals surface area contributed by atoms with Crippen LogP contribution in [0.15, 0.2) is 24.3 Å². The standard InChI is InChI=1S/C25H39N3/c1-18-14-20(3)24(21(4)15-18)26-10-8-12-28(7)13-9-11-27-25-22(5)16-19(2)17-23(25)6/h14-17,26-27H,8-13H2,1-7H3. The maximum Gasteiger partial charge on any atom is 0.0399 e. The molecule has 0 heterocycles. The third-order valence-corrected chi connectivity index (χ3v) is 5.39. The van der Waals surface area contributed by atoms with Crippen molar-refractivity contribution >= 4 is 11.4 Å². The minimum absolute atomic E-state index is 1.02. The molecule has 3 heteroatoms. The second-order valence-corrected chi connectivity index (χ2v) is 8.41. The zero-order valence-electron chi connectivity index (χ0n) is 19.0. The van der Waals surface area contributed by atoms with E-state index < -0.39 is 0 Å². The smallest absolute Gasteiger partial charge is 0.0399 e. The molecule has 0 saturated carbocycles. The number of aryl methyl sites for hydroxylation is 6. The molecule has 0 radical (unpaired) electrons. The van der Waals surface area contributed by atoms with Crippen LogP contribution < -0.4 is 10.6 Å². The molecule has 154 valence electrons. The van der Waals surface area contributed by atoms with Gasteiger partial charge in [-0.1, -0.05) is 35.4 Å². The van der Waals surface area contributed by atoms with Crippen LogP contribution in [-0.4, -0.2) is 38.1 Å². The summed E-state index contributed by atoms with van der Waals surface area (Å²) in [4.78, 5) is 2.44. The number of nitrogens with one attached hydrogen (secondary N) is 2. The van der Waals surface area contributed by atoms with E-state index >= 15 is 0 Å². The SMILES string of the molecule is Cc1cc(C)c(NCCCN(C)CCCNc2c(C)cc(C)cc2C)c(C)c1. The summed E-state index contributed by atoms with van der Waals surface area (Å²) in [5, 5.41) is 7.26. The molecular weight excluding hydrogens is 342 g/mol. The molecule has 2 aromatic rings. The van der Waals surface area contributed by atoms with E-state index in [0.29, 0.717) is 0 Å². The lowest BCUT2D eigenvalue weighted by molar-refractivity contribution is 0.331. The minimum atomic E-state index is 1.02. The number of rotatable bonds is 10. The average molecular weight is 382 g/mol. The quantitative estimate of drug-likeness (QED) is 0.511. The van der Waals surface area contributed by atoms with E-state index in [0.717, 1.165) is 39.0 Å². The number of hydrogen-bond acceptors (Lipinski definition) is 3. The third-order valence-electron chi connectivity index (χ3n) is 5.39. The first-order valence-corrected chi connectivity index (χ1v) is 10.6. The van der Waals surface area contributed by atoms with Crippen LogP contribution in [0.25, 0.3) is 0 Å². The van der Waals surface area contributed by atoms with Gasteiger partial charge in [-0.15, -0.1) is 0 Å². The summed E-state index contributed by atoms with van der Waals surface area (Å²) >= 11 is 0. The maximum absolute atomic E-state index is 3.63. The van der Waals surface area contributed by atoms with Gasteiger partial charge in [-0.25, -0.2) is 0 Å². The molecule has 0 atom stereocenters. The van der Waals surface area contributed by atoms with E-state index in [9.17, 15) is 0 Å². The Kier molecular flexibility index (Phi) is 8.37. The summed E-state index contributed by atoms with van der Waals surface area (Å²) in [5.41, 5.74) is 10.7. The molecular formula is C25H39N3. The van der Waals surface area contributed by atoms with Gasteiger partial charge in [-0.2, -0.15) is 0 Å². The first-order valence-electron chi connectivity index (χ1n) is 10.6. The summed E-state index contributed by atoms with van der Waals surface area (Å²) < 4.78 is 0. The van der Waals surface area contributed by atoms with Crippen LogP contribution in [0, 0.1) is 41.5 Å². The van der Waals surface area contributed by atoms with E-state index in [4.69, 9.17) is 0 Å². The second kappa shape index (κ2) is 10.5. The van der Waals surface area contributed by atoms with Crippen molar-refractivity contribution in [1.29, 1.82) is 0 Å². The molecule has 0 aliphatic rings. The van der Waals surface area contributed by atoms with E-state index in [2.05, 4.69) is 88.4 Å². The summed E-state index contributed by atoms with van der Waals surface area (Å²) in [6, 6.07) is 9.02. The lowest BCUT2D eigenvalue weighted by Crippen LogP contribution is -2.24. The van der Waals surface area contributed by atoms with Gasteiger partial charge in [-0.3, -0.25) is 0 Å². The van der Waals surface area contributed by atoms with Crippen molar-refractivity contribution in [1.82, 2.24) is 4.90 Å². The molecule has 0 bridgehead atoms. The molecule has 0 spiro atoms. The highest BCUT2D eigenvalue weighted by atomic mass is 15.1. The van der Waals surface area contributed by atoms with Crippen LogP contribution in [0.2, 0.25) is 0 Å². The van der Waals surface area contributed by atoms with Gasteiger partial charge >= 0.3 is 0 Å². The van der Waals surface area contributed by atoms with Gasteiger partial charge in [0.15, 0.2) is 0 Å². The summed E-state index contributed by atoms with van der Waals surface area (Å²) in [7, 11) is 2.23. The predicted molar refractivity (Wildman–Crippen MR) is 125 cm³/mol. The van der Waals surface area contributed by atoms with Gasteiger partial charge in [0, 0.05) is 24.5 Å². The highest BCUT2D eigenvalue weighted by molar-refractivity contribution is 5.58. The van der Waals surface area contributed by atoms with Crippen molar-refractivity contribution in [2.75, 3.05) is 43.9 Å². The van der Waals surface area contributed by atoms with Crippen LogP contribution in [0.3, 0.4) is 0 Å². The molecule has 0 aromatic heterocycles. The first-order chi connectivity index (χ1) is 13.3. The van der Waals surface area contributed by atoms with Gasteiger partial charge in [0.05, 0.1) is 0 Å². The number of nitrogens with zero attached hydrogens (tertiary/aromatic N) is 1. The van der Waals surface area contributed by atoms with Crippen LogP contribution in [0.4, 0.5) is 11.4 Å². The van der Waals surface area contributed by atoms with E-state index in [1.807, 2.05) is 0 Å². The Labute approximate surface area is 172 Å². The Hall–Kier alpha value is -2.00. The zero-order valence-corrected chi connectivity index (χ0v) is 19.0. The lowest BCUT2D eigenvalue weighted by Gasteiger charge is -2.19. The van der Waals surface area contributed by atoms with Crippen LogP contribution >= 0.6 is 0 Å². The maximum atomic E-state index is 3.63. The van der Waals surface area contributed by atoms with Gasteiger partial charge in [-0.05, 0) is 96.8 Å². The van der Waals surface area contributed by atoms with Crippen LogP contribution in [-0.2, 0) is 0 Å². The summed E-state index contributed by atoms with van der Waals surface area (Å²) in [6.45, 7) is 17.4. The summed E-state index contributed by atoms with van der Waals surface area (Å²) in [5.74, 6) is 0. The van der Waals surface area contributed by atoms with Gasteiger partial charge in [0.25, 0.3) is 0 Å². The fourth-order valence-corrected chi connectivity index (χ4v) is 4.15. The molecule has 3 nitrogen and oxygen atoms in total. The molecule has 0 aliphatic heterocycles. The van der Waals surface area contributed by atoms with Crippen molar-refractivity contribution in [3.8, 4) is 0 Å². The molecule has 0 fully saturated rings. The summed E-state index contributed by atoms with van der Waals surface area (Å²) in [6.07, 6.45) is 2.32. The Bertz CT molecular complexity index is 668. The molecule has 0 unspecified atom stereocenters. The Balaban J connectivity index is 1.65.